The monoisotopic (exact) mass is 406 g/mol. The number of pyridine rings is 1. The predicted molar refractivity (Wildman–Crippen MR) is 96.7 cm³/mol. The second kappa shape index (κ2) is 7.51. The molecule has 0 bridgehead atoms. The molecule has 0 aliphatic heterocycles. The van der Waals surface area contributed by atoms with Crippen LogP contribution in [0.3, 0.4) is 0 Å². The summed E-state index contributed by atoms with van der Waals surface area (Å²) in [5.41, 5.74) is -0.129. The van der Waals surface area contributed by atoms with Crippen LogP contribution in [0.1, 0.15) is 26.8 Å². The third kappa shape index (κ3) is 4.18. The van der Waals surface area contributed by atoms with Crippen LogP contribution in [0.25, 0.3) is 10.4 Å². The molecule has 3 nitrogen and oxygen atoms in total. The van der Waals surface area contributed by atoms with E-state index in [0.717, 1.165) is 22.6 Å². The second-order valence-electron chi connectivity index (χ2n) is 5.57. The number of rotatable bonds is 4. The van der Waals surface area contributed by atoms with Crippen molar-refractivity contribution < 1.29 is 18.0 Å². The molecule has 0 saturated carbocycles. The van der Waals surface area contributed by atoms with E-state index in [-0.39, 0.29) is 5.69 Å². The SMILES string of the molecule is N#C[C@H](C(=O)c1ccc(-c2cccc(Cl)c2)s1)c1ccc(C(F)(F)F)cn1. The highest BCUT2D eigenvalue weighted by molar-refractivity contribution is 7.17. The van der Waals surface area contributed by atoms with Gasteiger partial charge in [0.05, 0.1) is 22.2 Å². The molecule has 27 heavy (non-hydrogen) atoms. The molecule has 136 valence electrons. The Morgan fingerprint density at radius 2 is 1.96 bits per heavy atom. The van der Waals surface area contributed by atoms with E-state index in [1.807, 2.05) is 12.1 Å². The molecule has 2 aromatic heterocycles. The zero-order valence-electron chi connectivity index (χ0n) is 13.5. The van der Waals surface area contributed by atoms with Gasteiger partial charge in [-0.2, -0.15) is 18.4 Å². The zero-order valence-corrected chi connectivity index (χ0v) is 15.1. The van der Waals surface area contributed by atoms with Crippen molar-refractivity contribution in [3.05, 3.63) is 75.9 Å². The lowest BCUT2D eigenvalue weighted by Gasteiger charge is -2.09. The summed E-state index contributed by atoms with van der Waals surface area (Å²) in [4.78, 5) is 17.4. The van der Waals surface area contributed by atoms with Crippen molar-refractivity contribution in [3.8, 4) is 16.5 Å². The third-order valence-electron chi connectivity index (χ3n) is 3.76. The molecular formula is C19H10ClF3N2OS. The van der Waals surface area contributed by atoms with Gasteiger partial charge in [-0.25, -0.2) is 0 Å². The number of carbonyl (C=O) groups excluding carboxylic acids is 1. The van der Waals surface area contributed by atoms with Crippen molar-refractivity contribution in [2.75, 3.05) is 0 Å². The molecule has 0 radical (unpaired) electrons. The fraction of sp³-hybridized carbons (Fsp3) is 0.105. The lowest BCUT2D eigenvalue weighted by molar-refractivity contribution is -0.137. The Hall–Kier alpha value is -2.69. The number of halogens is 4. The van der Waals surface area contributed by atoms with Crippen molar-refractivity contribution in [3.63, 3.8) is 0 Å². The van der Waals surface area contributed by atoms with Gasteiger partial charge >= 0.3 is 6.18 Å². The molecular weight excluding hydrogens is 397 g/mol. The van der Waals surface area contributed by atoms with Gasteiger partial charge in [-0.1, -0.05) is 23.7 Å². The third-order valence-corrected chi connectivity index (χ3v) is 5.14. The molecule has 3 rings (SSSR count). The van der Waals surface area contributed by atoms with Crippen LogP contribution in [0.2, 0.25) is 5.02 Å². The first-order valence-corrected chi connectivity index (χ1v) is 8.82. The van der Waals surface area contributed by atoms with Crippen LogP contribution in [-0.2, 0) is 6.18 Å². The average molecular weight is 407 g/mol. The van der Waals surface area contributed by atoms with Gasteiger partial charge in [-0.05, 0) is 42.0 Å². The number of hydrogen-bond donors (Lipinski definition) is 0. The molecule has 0 saturated heterocycles. The maximum absolute atomic E-state index is 12.7. The molecule has 0 spiro atoms. The Bertz CT molecular complexity index is 1020. The first-order chi connectivity index (χ1) is 12.8. The summed E-state index contributed by atoms with van der Waals surface area (Å²) in [6.45, 7) is 0. The fourth-order valence-electron chi connectivity index (χ4n) is 2.41. The van der Waals surface area contributed by atoms with E-state index in [0.29, 0.717) is 16.1 Å². The van der Waals surface area contributed by atoms with E-state index in [1.54, 1.807) is 30.3 Å². The second-order valence-corrected chi connectivity index (χ2v) is 7.09. The molecule has 1 atom stereocenters. The largest absolute Gasteiger partial charge is 0.417 e. The molecule has 1 aromatic carbocycles. The number of nitriles is 1. The number of aromatic nitrogens is 1. The number of ketones is 1. The smallest absolute Gasteiger partial charge is 0.291 e. The standard InChI is InChI=1S/C19H10ClF3N2OS/c20-13-3-1-2-11(8-13)16-6-7-17(27-16)18(26)14(9-24)15-5-4-12(10-25-15)19(21,22)23/h1-8,10,14H/t14-/m0/s1. The van der Waals surface area contributed by atoms with Crippen molar-refractivity contribution in [1.29, 1.82) is 5.26 Å². The van der Waals surface area contributed by atoms with Crippen LogP contribution in [0.5, 0.6) is 0 Å². The van der Waals surface area contributed by atoms with Crippen LogP contribution in [0.15, 0.2) is 54.7 Å². The lowest BCUT2D eigenvalue weighted by atomic mass is 9.99. The van der Waals surface area contributed by atoms with Crippen LogP contribution >= 0.6 is 22.9 Å². The van der Waals surface area contributed by atoms with E-state index in [4.69, 9.17) is 11.6 Å². The highest BCUT2D eigenvalue weighted by Gasteiger charge is 2.32. The molecule has 0 fully saturated rings. The van der Waals surface area contributed by atoms with Crippen molar-refractivity contribution in [1.82, 2.24) is 4.98 Å². The van der Waals surface area contributed by atoms with Gasteiger partial charge < -0.3 is 0 Å². The highest BCUT2D eigenvalue weighted by Crippen LogP contribution is 2.33. The summed E-state index contributed by atoms with van der Waals surface area (Å²) in [5, 5.41) is 9.91. The minimum absolute atomic E-state index is 0.0202. The number of Topliss-reactive ketones (excluding diaryl/α,β-unsaturated/α-hetero) is 1. The minimum Gasteiger partial charge on any atom is -0.291 e. The summed E-state index contributed by atoms with van der Waals surface area (Å²) in [7, 11) is 0. The van der Waals surface area contributed by atoms with Crippen LogP contribution in [-0.4, -0.2) is 10.8 Å². The number of carbonyl (C=O) groups is 1. The quantitative estimate of drug-likeness (QED) is 0.501. The van der Waals surface area contributed by atoms with Crippen molar-refractivity contribution in [2.24, 2.45) is 0 Å². The molecule has 0 amide bonds. The normalized spacial score (nSPS) is 12.4. The van der Waals surface area contributed by atoms with Gasteiger partial charge in [0.15, 0.2) is 11.7 Å². The topological polar surface area (TPSA) is 53.8 Å². The van der Waals surface area contributed by atoms with E-state index in [2.05, 4.69) is 4.98 Å². The average Bonchev–Trinajstić information content (AvgIpc) is 3.12. The van der Waals surface area contributed by atoms with Gasteiger partial charge in [0.1, 0.15) is 0 Å². The molecule has 0 aliphatic carbocycles. The number of alkyl halides is 3. The van der Waals surface area contributed by atoms with Crippen LogP contribution < -0.4 is 0 Å². The van der Waals surface area contributed by atoms with E-state index in [1.165, 1.54) is 11.3 Å². The molecule has 2 heterocycles. The summed E-state index contributed by atoms with van der Waals surface area (Å²) < 4.78 is 37.9. The van der Waals surface area contributed by atoms with Crippen LogP contribution in [0, 0.1) is 11.3 Å². The molecule has 3 aromatic rings. The summed E-state index contributed by atoms with van der Waals surface area (Å²) in [6.07, 6.45) is -3.91. The maximum atomic E-state index is 12.7. The summed E-state index contributed by atoms with van der Waals surface area (Å²) >= 11 is 7.15. The molecule has 0 unspecified atom stereocenters. The van der Waals surface area contributed by atoms with Gasteiger partial charge in [0.25, 0.3) is 0 Å². The first kappa shape index (κ1) is 19.1. The number of thiophene rings is 1. The molecule has 0 N–H and O–H groups in total. The fourth-order valence-corrected chi connectivity index (χ4v) is 3.57. The van der Waals surface area contributed by atoms with Crippen molar-refractivity contribution in [2.45, 2.75) is 12.1 Å². The van der Waals surface area contributed by atoms with E-state index >= 15 is 0 Å². The minimum atomic E-state index is -4.53. The molecule has 0 aliphatic rings. The predicted octanol–water partition coefficient (Wildman–Crippen LogP) is 5.97. The molecule has 8 heteroatoms. The number of hydrogen-bond acceptors (Lipinski definition) is 4. The van der Waals surface area contributed by atoms with Gasteiger partial charge in [-0.15, -0.1) is 11.3 Å². The number of benzene rings is 1. The Kier molecular flexibility index (Phi) is 5.31. The Morgan fingerprint density at radius 3 is 2.56 bits per heavy atom. The summed E-state index contributed by atoms with van der Waals surface area (Å²) in [6, 6.07) is 14.1. The van der Waals surface area contributed by atoms with Crippen LogP contribution in [0.4, 0.5) is 13.2 Å². The Balaban J connectivity index is 1.87. The zero-order chi connectivity index (χ0) is 19.6. The van der Waals surface area contributed by atoms with Crippen molar-refractivity contribution >= 4 is 28.7 Å². The maximum Gasteiger partial charge on any atom is 0.417 e. The van der Waals surface area contributed by atoms with Gasteiger partial charge in [0.2, 0.25) is 0 Å². The highest BCUT2D eigenvalue weighted by atomic mass is 35.5. The number of nitrogens with zero attached hydrogens (tertiary/aromatic N) is 2. The summed E-state index contributed by atoms with van der Waals surface area (Å²) in [5.74, 6) is -1.79. The van der Waals surface area contributed by atoms with Gasteiger partial charge in [0, 0.05) is 16.1 Å². The Morgan fingerprint density at radius 1 is 1.19 bits per heavy atom. The van der Waals surface area contributed by atoms with Gasteiger partial charge in [-0.3, -0.25) is 9.78 Å². The Labute approximate surface area is 161 Å². The first-order valence-electron chi connectivity index (χ1n) is 7.62. The lowest BCUT2D eigenvalue weighted by Crippen LogP contribution is -2.13. The van der Waals surface area contributed by atoms with E-state index < -0.39 is 23.4 Å². The van der Waals surface area contributed by atoms with E-state index in [9.17, 15) is 23.2 Å².